The largest absolute Gasteiger partial charge is 0.481 e. The summed E-state index contributed by atoms with van der Waals surface area (Å²) in [5.41, 5.74) is 0. The Kier molecular flexibility index (Phi) is 68.6. The van der Waals surface area contributed by atoms with E-state index in [-0.39, 0.29) is 6.10 Å². The number of hydrogen-bond donors (Lipinski definition) is 3. The van der Waals surface area contributed by atoms with E-state index < -0.39 is 18.0 Å². The average Bonchev–Trinajstić information content (AvgIpc) is 4.30. The van der Waals surface area contributed by atoms with Gasteiger partial charge in [0.25, 0.3) is 0 Å². The third kappa shape index (κ3) is 62.8. The minimum Gasteiger partial charge on any atom is -0.481 e. The highest BCUT2D eigenvalue weighted by molar-refractivity contribution is 5.70. The second kappa shape index (κ2) is 70.7. The minimum absolute atomic E-state index is 0.0806. The van der Waals surface area contributed by atoms with Gasteiger partial charge in [0.2, 0.25) is 0 Å². The summed E-state index contributed by atoms with van der Waals surface area (Å²) >= 11 is 0. The fourth-order valence-corrected chi connectivity index (χ4v) is 15.1. The molecule has 1 rings (SSSR count). The number of unbranched alkanes of at least 4 members (excludes halogenated alkanes) is 63. The minimum atomic E-state index is -0.799. The van der Waals surface area contributed by atoms with Gasteiger partial charge in [0.15, 0.2) is 0 Å². The van der Waals surface area contributed by atoms with Crippen LogP contribution in [0.15, 0.2) is 0 Å². The van der Waals surface area contributed by atoms with Crippen molar-refractivity contribution < 1.29 is 20.1 Å². The van der Waals surface area contributed by atoms with Crippen LogP contribution in [0.2, 0.25) is 0 Å². The molecule has 0 amide bonds. The molecule has 4 nitrogen and oxygen atoms in total. The molecule has 1 aliphatic carbocycles. The summed E-state index contributed by atoms with van der Waals surface area (Å²) in [6.07, 6.45) is 100. The monoisotopic (exact) mass is 1240 g/mol. The van der Waals surface area contributed by atoms with E-state index in [9.17, 15) is 20.1 Å². The van der Waals surface area contributed by atoms with Crippen LogP contribution in [-0.4, -0.2) is 33.5 Å². The van der Waals surface area contributed by atoms with Crippen LogP contribution >= 0.6 is 0 Å². The molecule has 4 heteroatoms. The van der Waals surface area contributed by atoms with E-state index in [1.54, 1.807) is 0 Å². The first-order valence-corrected chi connectivity index (χ1v) is 42.0. The molecule has 1 fully saturated rings. The van der Waals surface area contributed by atoms with Crippen molar-refractivity contribution in [2.75, 3.05) is 0 Å². The molecule has 1 saturated carbocycles. The van der Waals surface area contributed by atoms with Gasteiger partial charge < -0.3 is 15.3 Å². The van der Waals surface area contributed by atoms with Crippen LogP contribution in [-0.2, 0) is 4.79 Å². The zero-order valence-electron chi connectivity index (χ0n) is 61.0. The van der Waals surface area contributed by atoms with E-state index in [0.717, 1.165) is 43.9 Å². The number of carboxylic acid groups (broad SMARTS) is 1. The lowest BCUT2D eigenvalue weighted by Crippen LogP contribution is -2.28. The molecule has 0 bridgehead atoms. The van der Waals surface area contributed by atoms with E-state index in [1.807, 2.05) is 0 Å². The number of rotatable bonds is 78. The van der Waals surface area contributed by atoms with Gasteiger partial charge in [-0.25, -0.2) is 0 Å². The summed E-state index contributed by atoms with van der Waals surface area (Å²) < 4.78 is 0. The highest BCUT2D eigenvalue weighted by Gasteiger charge is 2.35. The van der Waals surface area contributed by atoms with Crippen molar-refractivity contribution in [3.63, 3.8) is 0 Å². The van der Waals surface area contributed by atoms with E-state index in [1.165, 1.54) is 430 Å². The molecule has 0 radical (unpaired) electrons. The zero-order valence-corrected chi connectivity index (χ0v) is 61.0. The Hall–Kier alpha value is -0.610. The lowest BCUT2D eigenvalue weighted by molar-refractivity contribution is -0.146. The Bertz CT molecular complexity index is 1320. The molecule has 0 saturated heterocycles. The zero-order chi connectivity index (χ0) is 63.4. The van der Waals surface area contributed by atoms with Crippen molar-refractivity contribution in [1.29, 1.82) is 0 Å². The Morgan fingerprint density at radius 3 is 0.670 bits per heavy atom. The van der Waals surface area contributed by atoms with Gasteiger partial charge in [-0.3, -0.25) is 4.79 Å². The SMILES string of the molecule is CCCCCCCCCCCCCCCCCCCCCCCC[C@@H](C(=O)O)[C@H](O)CCCCCCCCCCCCCCC[C@@H]1CC1CCCCCCCCCCCCCCCCCC[C@H](O)[C@H](C)CCCCCCCCCCCCCCCCCC. The van der Waals surface area contributed by atoms with E-state index in [4.69, 9.17) is 0 Å². The summed E-state index contributed by atoms with van der Waals surface area (Å²) in [5, 5.41) is 31.3. The second-order valence-electron chi connectivity index (χ2n) is 30.5. The summed E-state index contributed by atoms with van der Waals surface area (Å²) in [5.74, 6) is 1.25. The van der Waals surface area contributed by atoms with Gasteiger partial charge in [0.1, 0.15) is 0 Å². The Labute approximate surface area is 555 Å². The quantitative estimate of drug-likeness (QED) is 0.0530. The predicted octanol–water partition coefficient (Wildman–Crippen LogP) is 29.2. The van der Waals surface area contributed by atoms with Crippen molar-refractivity contribution in [2.45, 2.75) is 508 Å². The molecule has 88 heavy (non-hydrogen) atoms. The molecule has 0 aromatic heterocycles. The van der Waals surface area contributed by atoms with Crippen molar-refractivity contribution >= 4 is 5.97 Å². The van der Waals surface area contributed by atoms with Crippen LogP contribution in [0.4, 0.5) is 0 Å². The smallest absolute Gasteiger partial charge is 0.309 e. The van der Waals surface area contributed by atoms with E-state index in [2.05, 4.69) is 20.8 Å². The van der Waals surface area contributed by atoms with Gasteiger partial charge in [-0.2, -0.15) is 0 Å². The van der Waals surface area contributed by atoms with Crippen molar-refractivity contribution in [2.24, 2.45) is 23.7 Å². The van der Waals surface area contributed by atoms with Crippen LogP contribution in [0, 0.1) is 23.7 Å². The molecule has 0 spiro atoms. The number of aliphatic hydroxyl groups is 2. The maximum Gasteiger partial charge on any atom is 0.309 e. The van der Waals surface area contributed by atoms with Crippen LogP contribution < -0.4 is 0 Å². The lowest BCUT2D eigenvalue weighted by Gasteiger charge is -2.19. The first kappa shape index (κ1) is 85.4. The van der Waals surface area contributed by atoms with Gasteiger partial charge in [0.05, 0.1) is 18.1 Å². The Morgan fingerprint density at radius 2 is 0.443 bits per heavy atom. The molecular weight excluding hydrogens is 1070 g/mol. The Morgan fingerprint density at radius 1 is 0.261 bits per heavy atom. The highest BCUT2D eigenvalue weighted by atomic mass is 16.4. The fraction of sp³-hybridized carbons (Fsp3) is 0.988. The van der Waals surface area contributed by atoms with Crippen LogP contribution in [0.25, 0.3) is 0 Å². The molecule has 1 aliphatic rings. The third-order valence-corrected chi connectivity index (χ3v) is 21.8. The first-order chi connectivity index (χ1) is 43.4. The first-order valence-electron chi connectivity index (χ1n) is 42.0. The maximum absolute atomic E-state index is 12.0. The van der Waals surface area contributed by atoms with Gasteiger partial charge in [-0.1, -0.05) is 464 Å². The molecule has 6 atom stereocenters. The molecule has 0 aliphatic heterocycles. The molecule has 0 aromatic carbocycles. The summed E-state index contributed by atoms with van der Waals surface area (Å²) in [7, 11) is 0. The fourth-order valence-electron chi connectivity index (χ4n) is 15.1. The molecule has 1 unspecified atom stereocenters. The third-order valence-electron chi connectivity index (χ3n) is 21.8. The molecule has 0 aromatic rings. The van der Waals surface area contributed by atoms with Crippen LogP contribution in [0.1, 0.15) is 496 Å². The Balaban J connectivity index is 1.75. The molecular formula is C84H166O4. The van der Waals surface area contributed by atoms with Gasteiger partial charge >= 0.3 is 5.97 Å². The van der Waals surface area contributed by atoms with Gasteiger partial charge in [-0.15, -0.1) is 0 Å². The van der Waals surface area contributed by atoms with Gasteiger partial charge in [-0.05, 0) is 49.9 Å². The summed E-state index contributed by atoms with van der Waals surface area (Å²) in [6, 6.07) is 0. The summed E-state index contributed by atoms with van der Waals surface area (Å²) in [6.45, 7) is 6.89. The number of aliphatic carboxylic acids is 1. The van der Waals surface area contributed by atoms with Crippen molar-refractivity contribution in [1.82, 2.24) is 0 Å². The normalized spacial score (nSPS) is 15.6. The van der Waals surface area contributed by atoms with Crippen LogP contribution in [0.3, 0.4) is 0 Å². The van der Waals surface area contributed by atoms with Crippen molar-refractivity contribution in [3.8, 4) is 0 Å². The molecule has 3 N–H and O–H groups in total. The van der Waals surface area contributed by atoms with Crippen LogP contribution in [0.5, 0.6) is 0 Å². The average molecular weight is 1240 g/mol. The number of carboxylic acids is 1. The number of carbonyl (C=O) groups is 1. The van der Waals surface area contributed by atoms with Gasteiger partial charge in [0, 0.05) is 0 Å². The van der Waals surface area contributed by atoms with E-state index in [0.29, 0.717) is 18.8 Å². The standard InChI is InChI=1S/C84H166O4/c1-4-6-8-10-12-14-16-18-20-22-23-24-25-26-27-32-38-44-50-56-62-68-74-81(84(87)88)83(86)76-70-64-58-52-46-40-34-37-43-49-55-61-67-73-80-77-79(80)72-66-60-54-48-42-36-31-28-29-33-39-45-51-57-63-69-75-82(85)78(3)71-65-59-53-47-41-35-30-21-19-17-15-13-11-9-7-5-2/h78-83,85-86H,4-77H2,1-3H3,(H,87,88)/t78-,79?,80-,81-,82+,83-/m1/s1. The second-order valence-corrected chi connectivity index (χ2v) is 30.5. The van der Waals surface area contributed by atoms with E-state index >= 15 is 0 Å². The number of hydrogen-bond acceptors (Lipinski definition) is 3. The lowest BCUT2D eigenvalue weighted by atomic mass is 9.91. The van der Waals surface area contributed by atoms with Crippen molar-refractivity contribution in [3.05, 3.63) is 0 Å². The maximum atomic E-state index is 12.0. The number of aliphatic hydroxyl groups excluding tert-OH is 2. The molecule has 0 heterocycles. The topological polar surface area (TPSA) is 77.8 Å². The summed E-state index contributed by atoms with van der Waals surface area (Å²) in [4.78, 5) is 12.0. The highest BCUT2D eigenvalue weighted by Crippen LogP contribution is 2.46. The molecule has 526 valence electrons. The predicted molar refractivity (Wildman–Crippen MR) is 392 cm³/mol.